The lowest BCUT2D eigenvalue weighted by atomic mass is 9.98. The highest BCUT2D eigenvalue weighted by Crippen LogP contribution is 2.43. The van der Waals surface area contributed by atoms with E-state index in [1.165, 1.54) is 31.4 Å². The van der Waals surface area contributed by atoms with Crippen molar-refractivity contribution in [2.45, 2.75) is 6.18 Å². The van der Waals surface area contributed by atoms with Gasteiger partial charge in [-0.05, 0) is 48.0 Å². The molecular weight excluding hydrogens is 575 g/mol. The molecule has 12 heteroatoms. The van der Waals surface area contributed by atoms with Gasteiger partial charge in [-0.15, -0.1) is 0 Å². The number of anilines is 1. The molecule has 1 aliphatic rings. The fourth-order valence-corrected chi connectivity index (χ4v) is 4.85. The molecule has 42 heavy (non-hydrogen) atoms. The number of ether oxygens (including phenoxy) is 1. The van der Waals surface area contributed by atoms with E-state index in [1.807, 2.05) is 4.90 Å². The second kappa shape index (κ2) is 11.7. The van der Waals surface area contributed by atoms with Gasteiger partial charge in [-0.2, -0.15) is 13.2 Å². The van der Waals surface area contributed by atoms with Gasteiger partial charge in [0.25, 0.3) is 0 Å². The molecule has 1 aromatic heterocycles. The molecule has 3 aromatic carbocycles. The van der Waals surface area contributed by atoms with Crippen LogP contribution in [0.5, 0.6) is 17.2 Å². The summed E-state index contributed by atoms with van der Waals surface area (Å²) in [7, 11) is 1.54. The summed E-state index contributed by atoms with van der Waals surface area (Å²) < 4.78 is 50.2. The number of carbonyl (C=O) groups excluding carboxylic acids is 1. The highest BCUT2D eigenvalue weighted by molar-refractivity contribution is 6.32. The van der Waals surface area contributed by atoms with Crippen LogP contribution in [-0.4, -0.2) is 59.5 Å². The number of aromatic hydroxyl groups is 2. The van der Waals surface area contributed by atoms with Crippen LogP contribution < -0.4 is 9.64 Å². The van der Waals surface area contributed by atoms with Gasteiger partial charge in [0.05, 0.1) is 28.8 Å². The average Bonchev–Trinajstić information content (AvgIpc) is 3.41. The van der Waals surface area contributed by atoms with E-state index in [9.17, 15) is 28.2 Å². The van der Waals surface area contributed by atoms with Crippen LogP contribution in [0.2, 0.25) is 5.02 Å². The minimum atomic E-state index is -4.43. The number of benzene rings is 3. The van der Waals surface area contributed by atoms with Crippen molar-refractivity contribution in [3.05, 3.63) is 83.0 Å². The third-order valence-corrected chi connectivity index (χ3v) is 7.22. The highest BCUT2D eigenvalue weighted by atomic mass is 35.5. The minimum Gasteiger partial charge on any atom is -0.507 e. The van der Waals surface area contributed by atoms with Crippen LogP contribution in [0.4, 0.5) is 18.9 Å². The molecule has 1 aliphatic heterocycles. The topological polar surface area (TPSA) is 99.3 Å². The molecule has 0 saturated carbocycles. The monoisotopic (exact) mass is 599 g/mol. The van der Waals surface area contributed by atoms with Crippen LogP contribution in [-0.2, 0) is 11.0 Å². The predicted octanol–water partition coefficient (Wildman–Crippen LogP) is 6.46. The lowest BCUT2D eigenvalue weighted by Gasteiger charge is -2.35. The number of hydrogen-bond donors (Lipinski definition) is 2. The van der Waals surface area contributed by atoms with E-state index >= 15 is 0 Å². The van der Waals surface area contributed by atoms with Crippen molar-refractivity contribution < 1.29 is 37.4 Å². The molecule has 2 heterocycles. The van der Waals surface area contributed by atoms with Crippen molar-refractivity contribution in [3.63, 3.8) is 0 Å². The maximum Gasteiger partial charge on any atom is 0.416 e. The number of phenols is 2. The number of phenolic OH excluding ortho intramolecular Hbond substituents is 2. The smallest absolute Gasteiger partial charge is 0.416 e. The van der Waals surface area contributed by atoms with E-state index in [4.69, 9.17) is 20.9 Å². The van der Waals surface area contributed by atoms with Gasteiger partial charge in [-0.1, -0.05) is 35.0 Å². The SMILES string of the molecule is COc1ccc(-c2c(/C=C/C(=O)N3CCN(c4cccc(C(F)(F)F)c4)CC3)noc2-c2cc(Cl)c(O)cc2O)cc1. The molecule has 1 saturated heterocycles. The Labute approximate surface area is 243 Å². The molecule has 8 nitrogen and oxygen atoms in total. The molecule has 0 aliphatic carbocycles. The lowest BCUT2D eigenvalue weighted by molar-refractivity contribution is -0.137. The molecule has 0 atom stereocenters. The number of nitrogens with zero attached hydrogens (tertiary/aromatic N) is 3. The molecule has 4 aromatic rings. The zero-order valence-corrected chi connectivity index (χ0v) is 23.0. The second-order valence-electron chi connectivity index (χ2n) is 9.51. The van der Waals surface area contributed by atoms with Crippen molar-refractivity contribution in [3.8, 4) is 39.7 Å². The van der Waals surface area contributed by atoms with Gasteiger partial charge in [0.15, 0.2) is 5.76 Å². The Bertz CT molecular complexity index is 1630. The second-order valence-corrected chi connectivity index (χ2v) is 9.92. The fraction of sp³-hybridized carbons (Fsp3) is 0.200. The Morgan fingerprint density at radius 2 is 1.74 bits per heavy atom. The molecule has 0 bridgehead atoms. The first-order valence-electron chi connectivity index (χ1n) is 12.8. The van der Waals surface area contributed by atoms with E-state index in [-0.39, 0.29) is 33.8 Å². The minimum absolute atomic E-state index is 0.00331. The van der Waals surface area contributed by atoms with Crippen molar-refractivity contribution in [1.82, 2.24) is 10.1 Å². The van der Waals surface area contributed by atoms with E-state index in [1.54, 1.807) is 35.2 Å². The number of hydrogen-bond acceptors (Lipinski definition) is 7. The number of carbonyl (C=O) groups is 1. The maximum atomic E-state index is 13.1. The number of aromatic nitrogens is 1. The molecule has 0 radical (unpaired) electrons. The average molecular weight is 600 g/mol. The molecule has 5 rings (SSSR count). The number of rotatable bonds is 6. The van der Waals surface area contributed by atoms with Crippen LogP contribution in [0.1, 0.15) is 11.3 Å². The largest absolute Gasteiger partial charge is 0.507 e. The van der Waals surface area contributed by atoms with Crippen molar-refractivity contribution in [2.24, 2.45) is 0 Å². The summed E-state index contributed by atoms with van der Waals surface area (Å²) in [5.41, 5.74) is 1.33. The molecule has 218 valence electrons. The summed E-state index contributed by atoms with van der Waals surface area (Å²) >= 11 is 6.09. The first-order valence-corrected chi connectivity index (χ1v) is 13.2. The van der Waals surface area contributed by atoms with Gasteiger partial charge in [0.2, 0.25) is 5.91 Å². The van der Waals surface area contributed by atoms with Crippen molar-refractivity contribution >= 4 is 29.3 Å². The lowest BCUT2D eigenvalue weighted by Crippen LogP contribution is -2.48. The normalized spacial score (nSPS) is 14.0. The first-order chi connectivity index (χ1) is 20.0. The summed E-state index contributed by atoms with van der Waals surface area (Å²) in [4.78, 5) is 16.5. The standard InChI is InChI=1S/C30H25ClF3N3O5/c1-41-21-7-5-18(6-8-21)28-24(35-42-29(28)22-16-23(31)26(39)17-25(22)38)9-10-27(40)37-13-11-36(12-14-37)20-4-2-3-19(15-20)30(32,33)34/h2-10,15-17,38-39H,11-14H2,1H3/b10-9+. The first kappa shape index (κ1) is 28.9. The molecule has 1 fully saturated rings. The van der Waals surface area contributed by atoms with Crippen molar-refractivity contribution in [1.29, 1.82) is 0 Å². The number of alkyl halides is 3. The van der Waals surface area contributed by atoms with Crippen molar-refractivity contribution in [2.75, 3.05) is 38.2 Å². The Morgan fingerprint density at radius 3 is 2.40 bits per heavy atom. The maximum absolute atomic E-state index is 13.1. The quantitative estimate of drug-likeness (QED) is 0.245. The van der Waals surface area contributed by atoms with E-state index < -0.39 is 11.7 Å². The van der Waals surface area contributed by atoms with Crippen LogP contribution in [0.3, 0.4) is 0 Å². The molecule has 0 unspecified atom stereocenters. The predicted molar refractivity (Wildman–Crippen MR) is 152 cm³/mol. The van der Waals surface area contributed by atoms with Gasteiger partial charge in [0, 0.05) is 44.0 Å². The van der Waals surface area contributed by atoms with E-state index in [2.05, 4.69) is 5.16 Å². The number of halogens is 4. The zero-order chi connectivity index (χ0) is 30.0. The summed E-state index contributed by atoms with van der Waals surface area (Å²) in [6.07, 6.45) is -1.59. The third kappa shape index (κ3) is 6.01. The van der Waals surface area contributed by atoms with E-state index in [0.717, 1.165) is 18.2 Å². The van der Waals surface area contributed by atoms with Gasteiger partial charge >= 0.3 is 6.18 Å². The Hall–Kier alpha value is -4.64. The third-order valence-electron chi connectivity index (χ3n) is 6.92. The van der Waals surface area contributed by atoms with Gasteiger partial charge < -0.3 is 29.3 Å². The summed E-state index contributed by atoms with van der Waals surface area (Å²) in [6, 6.07) is 14.6. The molecular formula is C30H25ClF3N3O5. The van der Waals surface area contributed by atoms with Gasteiger partial charge in [-0.25, -0.2) is 0 Å². The highest BCUT2D eigenvalue weighted by Gasteiger charge is 2.31. The van der Waals surface area contributed by atoms with Gasteiger partial charge in [0.1, 0.15) is 22.9 Å². The van der Waals surface area contributed by atoms with E-state index in [0.29, 0.717) is 54.4 Å². The molecule has 2 N–H and O–H groups in total. The number of methoxy groups -OCH3 is 1. The summed E-state index contributed by atoms with van der Waals surface area (Å²) in [6.45, 7) is 1.36. The Kier molecular flexibility index (Phi) is 8.04. The molecule has 1 amide bonds. The van der Waals surface area contributed by atoms with Crippen LogP contribution >= 0.6 is 11.6 Å². The van der Waals surface area contributed by atoms with Crippen LogP contribution in [0, 0.1) is 0 Å². The number of amides is 1. The van der Waals surface area contributed by atoms with Crippen LogP contribution in [0.25, 0.3) is 28.5 Å². The van der Waals surface area contributed by atoms with Crippen LogP contribution in [0.15, 0.2) is 71.3 Å². The Morgan fingerprint density at radius 1 is 1.02 bits per heavy atom. The fourth-order valence-electron chi connectivity index (χ4n) is 4.69. The molecule has 0 spiro atoms. The summed E-state index contributed by atoms with van der Waals surface area (Å²) in [5, 5.41) is 24.5. The number of piperazine rings is 1. The Balaban J connectivity index is 1.37. The van der Waals surface area contributed by atoms with Gasteiger partial charge in [-0.3, -0.25) is 4.79 Å². The zero-order valence-electron chi connectivity index (χ0n) is 22.2. The summed E-state index contributed by atoms with van der Waals surface area (Å²) in [5.74, 6) is -0.111.